The molecule has 0 unspecified atom stereocenters. The van der Waals surface area contributed by atoms with Crippen molar-refractivity contribution < 1.29 is 9.90 Å². The van der Waals surface area contributed by atoms with Gasteiger partial charge in [0, 0.05) is 6.42 Å². The number of hydrogen-bond donors (Lipinski definition) is 1. The minimum atomic E-state index is -0.701. The van der Waals surface area contributed by atoms with Crippen LogP contribution in [0.3, 0.4) is 0 Å². The summed E-state index contributed by atoms with van der Waals surface area (Å²) in [5, 5.41) is 8.53. The smallest absolute Gasteiger partial charge is 0.303 e. The Bertz CT molecular complexity index is 490. The maximum Gasteiger partial charge on any atom is 0.303 e. The van der Waals surface area contributed by atoms with Crippen LogP contribution < -0.4 is 0 Å². The first-order valence-electron chi connectivity index (χ1n) is 9.90. The van der Waals surface area contributed by atoms with E-state index in [0.717, 1.165) is 57.8 Å². The molecule has 0 heterocycles. The Morgan fingerprint density at radius 2 is 1.15 bits per heavy atom. The Hall–Kier alpha value is -2.09. The van der Waals surface area contributed by atoms with E-state index in [1.807, 2.05) is 0 Å². The van der Waals surface area contributed by atoms with Crippen LogP contribution in [0.5, 0.6) is 0 Å². The van der Waals surface area contributed by atoms with Crippen LogP contribution in [0.1, 0.15) is 71.1 Å². The molecule has 0 bridgehead atoms. The summed E-state index contributed by atoms with van der Waals surface area (Å²) in [5.41, 5.74) is 0. The highest BCUT2D eigenvalue weighted by Crippen LogP contribution is 2.02. The zero-order valence-electron chi connectivity index (χ0n) is 16.4. The number of aliphatic carboxylic acids is 1. The Morgan fingerprint density at radius 1 is 0.654 bits per heavy atom. The molecule has 1 N–H and O–H groups in total. The van der Waals surface area contributed by atoms with Crippen LogP contribution in [-0.2, 0) is 4.79 Å². The van der Waals surface area contributed by atoms with Crippen LogP contribution in [0.15, 0.2) is 72.9 Å². The number of rotatable bonds is 16. The molecule has 2 heteroatoms. The fraction of sp³-hybridized carbons (Fsp3) is 0.458. The third kappa shape index (κ3) is 21.9. The average molecular weight is 357 g/mol. The van der Waals surface area contributed by atoms with E-state index in [1.54, 1.807) is 0 Å². The van der Waals surface area contributed by atoms with Gasteiger partial charge in [0.1, 0.15) is 0 Å². The number of unbranched alkanes of at least 4 members (excludes halogenated alkanes) is 3. The van der Waals surface area contributed by atoms with Gasteiger partial charge in [-0.1, -0.05) is 79.8 Å². The second-order valence-corrected chi connectivity index (χ2v) is 6.07. The second kappa shape index (κ2) is 21.0. The Balaban J connectivity index is 3.47. The molecule has 0 amide bonds. The van der Waals surface area contributed by atoms with Gasteiger partial charge in [-0.25, -0.2) is 0 Å². The van der Waals surface area contributed by atoms with Crippen molar-refractivity contribution in [3.8, 4) is 0 Å². The van der Waals surface area contributed by atoms with E-state index in [0.29, 0.717) is 0 Å². The molecule has 0 saturated carbocycles. The molecular formula is C24H36O2. The van der Waals surface area contributed by atoms with Gasteiger partial charge in [-0.3, -0.25) is 4.79 Å². The monoisotopic (exact) mass is 356 g/mol. The standard InChI is InChI=1S/C24H36O2/c1-2-3-4-5-6-7-8-9-10-11-12-13-14-15-16-17-18-19-20-21-22-23-24(25)26/h3-6,9-10,12-13,15-16,18-19H,2,7-8,11,14,17,20-23H2,1H3,(H,25,26)/b4-3-,6-5-,10-9-,13-12-,16-15-,19-18-. The van der Waals surface area contributed by atoms with E-state index >= 15 is 0 Å². The van der Waals surface area contributed by atoms with Gasteiger partial charge in [0.15, 0.2) is 0 Å². The first kappa shape index (κ1) is 23.9. The highest BCUT2D eigenvalue weighted by atomic mass is 16.4. The Kier molecular flexibility index (Phi) is 19.3. The van der Waals surface area contributed by atoms with Gasteiger partial charge in [-0.05, 0) is 57.8 Å². The van der Waals surface area contributed by atoms with Gasteiger partial charge >= 0.3 is 5.97 Å². The highest BCUT2D eigenvalue weighted by Gasteiger charge is 1.93. The summed E-state index contributed by atoms with van der Waals surface area (Å²) >= 11 is 0. The number of carbonyl (C=O) groups is 1. The third-order valence-electron chi connectivity index (χ3n) is 3.61. The lowest BCUT2D eigenvalue weighted by Crippen LogP contribution is -1.92. The normalized spacial score (nSPS) is 13.0. The maximum atomic E-state index is 10.4. The lowest BCUT2D eigenvalue weighted by molar-refractivity contribution is -0.137. The lowest BCUT2D eigenvalue weighted by Gasteiger charge is -1.92. The SMILES string of the molecule is CC/C=C\C=C/CC/C=C\C/C=C\C/C=C\C/C=C\CCCCC(=O)O. The summed E-state index contributed by atoms with van der Waals surface area (Å²) in [6.45, 7) is 2.14. The van der Waals surface area contributed by atoms with E-state index in [-0.39, 0.29) is 6.42 Å². The van der Waals surface area contributed by atoms with Crippen molar-refractivity contribution >= 4 is 5.97 Å². The predicted molar refractivity (Wildman–Crippen MR) is 114 cm³/mol. The molecule has 0 aliphatic heterocycles. The molecule has 0 fully saturated rings. The first-order chi connectivity index (χ1) is 12.8. The average Bonchev–Trinajstić information content (AvgIpc) is 2.62. The molecule has 0 aliphatic rings. The summed E-state index contributed by atoms with van der Waals surface area (Å²) < 4.78 is 0. The van der Waals surface area contributed by atoms with Crippen molar-refractivity contribution in [2.75, 3.05) is 0 Å². The van der Waals surface area contributed by atoms with Crippen LogP contribution >= 0.6 is 0 Å². The largest absolute Gasteiger partial charge is 0.481 e. The molecule has 2 nitrogen and oxygen atoms in total. The van der Waals surface area contributed by atoms with E-state index in [1.165, 1.54) is 0 Å². The number of hydrogen-bond acceptors (Lipinski definition) is 1. The first-order valence-corrected chi connectivity index (χ1v) is 9.90. The molecular weight excluding hydrogens is 320 g/mol. The molecule has 0 aromatic carbocycles. The van der Waals surface area contributed by atoms with Crippen molar-refractivity contribution in [1.29, 1.82) is 0 Å². The minimum Gasteiger partial charge on any atom is -0.481 e. The van der Waals surface area contributed by atoms with E-state index in [9.17, 15) is 4.79 Å². The summed E-state index contributed by atoms with van der Waals surface area (Å²) in [4.78, 5) is 10.4. The van der Waals surface area contributed by atoms with Crippen molar-refractivity contribution in [2.45, 2.75) is 71.1 Å². The van der Waals surface area contributed by atoms with Gasteiger partial charge < -0.3 is 5.11 Å². The summed E-state index contributed by atoms with van der Waals surface area (Å²) in [5.74, 6) is -0.701. The van der Waals surface area contributed by atoms with E-state index < -0.39 is 5.97 Å². The summed E-state index contributed by atoms with van der Waals surface area (Å²) in [6, 6.07) is 0. The van der Waals surface area contributed by atoms with Crippen LogP contribution in [0, 0.1) is 0 Å². The van der Waals surface area contributed by atoms with Crippen LogP contribution in [0.4, 0.5) is 0 Å². The van der Waals surface area contributed by atoms with Crippen LogP contribution in [0.25, 0.3) is 0 Å². The quantitative estimate of drug-likeness (QED) is 0.178. The zero-order valence-corrected chi connectivity index (χ0v) is 16.4. The zero-order chi connectivity index (χ0) is 19.1. The molecule has 0 aromatic heterocycles. The third-order valence-corrected chi connectivity index (χ3v) is 3.61. The van der Waals surface area contributed by atoms with Gasteiger partial charge in [0.25, 0.3) is 0 Å². The molecule has 0 spiro atoms. The van der Waals surface area contributed by atoms with Gasteiger partial charge in [-0.2, -0.15) is 0 Å². The van der Waals surface area contributed by atoms with Crippen LogP contribution in [-0.4, -0.2) is 11.1 Å². The molecule has 0 saturated heterocycles. The van der Waals surface area contributed by atoms with Crippen molar-refractivity contribution in [1.82, 2.24) is 0 Å². The van der Waals surface area contributed by atoms with Crippen molar-refractivity contribution in [3.05, 3.63) is 72.9 Å². The Morgan fingerprint density at radius 3 is 1.73 bits per heavy atom. The number of carboxylic acids is 1. The summed E-state index contributed by atoms with van der Waals surface area (Å²) in [6.07, 6.45) is 35.3. The molecule has 0 rings (SSSR count). The van der Waals surface area contributed by atoms with Gasteiger partial charge in [0.2, 0.25) is 0 Å². The molecule has 144 valence electrons. The predicted octanol–water partition coefficient (Wildman–Crippen LogP) is 7.33. The number of allylic oxidation sites excluding steroid dienone is 12. The number of carboxylic acid groups (broad SMARTS) is 1. The second-order valence-electron chi connectivity index (χ2n) is 6.07. The maximum absolute atomic E-state index is 10.4. The van der Waals surface area contributed by atoms with E-state index in [2.05, 4.69) is 79.8 Å². The minimum absolute atomic E-state index is 0.281. The molecule has 26 heavy (non-hydrogen) atoms. The Labute approximate surface area is 160 Å². The molecule has 0 aromatic rings. The van der Waals surface area contributed by atoms with Gasteiger partial charge in [0.05, 0.1) is 0 Å². The summed E-state index contributed by atoms with van der Waals surface area (Å²) in [7, 11) is 0. The molecule has 0 aliphatic carbocycles. The fourth-order valence-corrected chi connectivity index (χ4v) is 2.17. The van der Waals surface area contributed by atoms with Gasteiger partial charge in [-0.15, -0.1) is 0 Å². The van der Waals surface area contributed by atoms with Crippen molar-refractivity contribution in [3.63, 3.8) is 0 Å². The lowest BCUT2D eigenvalue weighted by atomic mass is 10.2. The topological polar surface area (TPSA) is 37.3 Å². The highest BCUT2D eigenvalue weighted by molar-refractivity contribution is 5.66. The van der Waals surface area contributed by atoms with E-state index in [4.69, 9.17) is 5.11 Å². The fourth-order valence-electron chi connectivity index (χ4n) is 2.17. The van der Waals surface area contributed by atoms with Crippen molar-refractivity contribution in [2.24, 2.45) is 0 Å². The molecule has 0 radical (unpaired) electrons. The molecule has 0 atom stereocenters. The van der Waals surface area contributed by atoms with Crippen LogP contribution in [0.2, 0.25) is 0 Å².